The van der Waals surface area contributed by atoms with Gasteiger partial charge in [0.15, 0.2) is 0 Å². The highest BCUT2D eigenvalue weighted by atomic mass is 32.2. The predicted octanol–water partition coefficient (Wildman–Crippen LogP) is 2.29. The van der Waals surface area contributed by atoms with Crippen LogP contribution in [0.15, 0.2) is 24.3 Å². The van der Waals surface area contributed by atoms with Crippen molar-refractivity contribution in [1.82, 2.24) is 0 Å². The molecule has 0 fully saturated rings. The third-order valence-corrected chi connectivity index (χ3v) is 2.80. The first kappa shape index (κ1) is 13.2. The Kier molecular flexibility index (Phi) is 6.11. The van der Waals surface area contributed by atoms with Gasteiger partial charge in [-0.15, -0.1) is 0 Å². The smallest absolute Gasteiger partial charge is 0.122 e. The Morgan fingerprint density at radius 3 is 2.81 bits per heavy atom. The van der Waals surface area contributed by atoms with Crippen LogP contribution in [-0.4, -0.2) is 21.1 Å². The van der Waals surface area contributed by atoms with E-state index in [1.54, 1.807) is 0 Å². The van der Waals surface area contributed by atoms with Crippen LogP contribution in [0.1, 0.15) is 25.3 Å². The van der Waals surface area contributed by atoms with Gasteiger partial charge in [-0.3, -0.25) is 4.21 Å². The Hall–Kier alpha value is -0.870. The molecular weight excluding hydrogens is 224 g/mol. The summed E-state index contributed by atoms with van der Waals surface area (Å²) in [5.41, 5.74) is 0.961. The second kappa shape index (κ2) is 7.41. The Morgan fingerprint density at radius 1 is 1.38 bits per heavy atom. The van der Waals surface area contributed by atoms with Crippen LogP contribution in [0.5, 0.6) is 5.75 Å². The van der Waals surface area contributed by atoms with Crippen LogP contribution in [0.3, 0.4) is 0 Å². The molecule has 0 heterocycles. The summed E-state index contributed by atoms with van der Waals surface area (Å²) in [5.74, 6) is 0.954. The molecule has 1 rings (SSSR count). The molecule has 16 heavy (non-hydrogen) atoms. The number of para-hydroxylation sites is 1. The molecule has 0 saturated carbocycles. The molecule has 1 atom stereocenters. The molecule has 0 saturated heterocycles. The topological polar surface area (TPSA) is 49.4 Å². The van der Waals surface area contributed by atoms with E-state index in [-0.39, 0.29) is 5.75 Å². The standard InChI is InChI=1S/C12H18O3S/c1-2-3-9-15-12-7-5-4-6-11(12)8-10-16(13)14/h4-7H,2-3,8-10H2,1H3,(H,13,14)/p-1. The maximum Gasteiger partial charge on any atom is 0.122 e. The molecule has 0 radical (unpaired) electrons. The molecule has 0 spiro atoms. The Labute approximate surface area is 99.1 Å². The maximum atomic E-state index is 10.5. The summed E-state index contributed by atoms with van der Waals surface area (Å²) in [6.45, 7) is 2.80. The van der Waals surface area contributed by atoms with Crippen LogP contribution in [0, 0.1) is 0 Å². The number of unbranched alkanes of at least 4 members (excludes halogenated alkanes) is 1. The van der Waals surface area contributed by atoms with Crippen molar-refractivity contribution in [1.29, 1.82) is 0 Å². The molecule has 0 N–H and O–H groups in total. The van der Waals surface area contributed by atoms with E-state index < -0.39 is 11.1 Å². The largest absolute Gasteiger partial charge is 0.772 e. The molecular formula is C12H17O3S-. The van der Waals surface area contributed by atoms with Crippen molar-refractivity contribution < 1.29 is 13.5 Å². The van der Waals surface area contributed by atoms with Crippen molar-refractivity contribution in [2.45, 2.75) is 26.2 Å². The van der Waals surface area contributed by atoms with Gasteiger partial charge in [0.25, 0.3) is 0 Å². The Bertz CT molecular complexity index is 339. The van der Waals surface area contributed by atoms with E-state index in [9.17, 15) is 8.76 Å². The number of rotatable bonds is 7. The van der Waals surface area contributed by atoms with E-state index in [0.717, 1.165) is 24.2 Å². The maximum absolute atomic E-state index is 10.5. The van der Waals surface area contributed by atoms with Crippen LogP contribution < -0.4 is 4.74 Å². The van der Waals surface area contributed by atoms with E-state index in [1.807, 2.05) is 24.3 Å². The molecule has 1 unspecified atom stereocenters. The van der Waals surface area contributed by atoms with E-state index in [2.05, 4.69) is 6.92 Å². The van der Waals surface area contributed by atoms with E-state index in [1.165, 1.54) is 0 Å². The third-order valence-electron chi connectivity index (χ3n) is 2.27. The molecule has 0 aliphatic heterocycles. The summed E-state index contributed by atoms with van der Waals surface area (Å²) in [4.78, 5) is 0. The average molecular weight is 241 g/mol. The van der Waals surface area contributed by atoms with Gasteiger partial charge >= 0.3 is 0 Å². The van der Waals surface area contributed by atoms with Crippen LogP contribution in [0.4, 0.5) is 0 Å². The second-order valence-electron chi connectivity index (χ2n) is 3.57. The summed E-state index contributed by atoms with van der Waals surface area (Å²) in [6, 6.07) is 7.60. The van der Waals surface area contributed by atoms with Gasteiger partial charge in [-0.1, -0.05) is 42.6 Å². The van der Waals surface area contributed by atoms with Crippen molar-refractivity contribution in [3.63, 3.8) is 0 Å². The van der Waals surface area contributed by atoms with Crippen molar-refractivity contribution in [2.24, 2.45) is 0 Å². The zero-order valence-corrected chi connectivity index (χ0v) is 10.3. The lowest BCUT2D eigenvalue weighted by Crippen LogP contribution is -2.03. The first-order chi connectivity index (χ1) is 7.74. The van der Waals surface area contributed by atoms with Crippen LogP contribution in [0.2, 0.25) is 0 Å². The summed E-state index contributed by atoms with van der Waals surface area (Å²) in [6.07, 6.45) is 2.62. The first-order valence-corrected chi connectivity index (χ1v) is 6.75. The highest BCUT2D eigenvalue weighted by molar-refractivity contribution is 7.79. The quantitative estimate of drug-likeness (QED) is 0.543. The van der Waals surface area contributed by atoms with Gasteiger partial charge < -0.3 is 9.29 Å². The fraction of sp³-hybridized carbons (Fsp3) is 0.500. The molecule has 90 valence electrons. The zero-order valence-electron chi connectivity index (χ0n) is 9.48. The molecule has 0 aliphatic carbocycles. The number of ether oxygens (including phenoxy) is 1. The molecule has 4 heteroatoms. The number of benzene rings is 1. The van der Waals surface area contributed by atoms with Crippen molar-refractivity contribution in [3.05, 3.63) is 29.8 Å². The lowest BCUT2D eigenvalue weighted by molar-refractivity contribution is 0.306. The van der Waals surface area contributed by atoms with Crippen molar-refractivity contribution in [3.8, 4) is 5.75 Å². The zero-order chi connectivity index (χ0) is 11.8. The van der Waals surface area contributed by atoms with E-state index >= 15 is 0 Å². The molecule has 3 nitrogen and oxygen atoms in total. The highest BCUT2D eigenvalue weighted by Crippen LogP contribution is 2.18. The van der Waals surface area contributed by atoms with Gasteiger partial charge in [0.2, 0.25) is 0 Å². The Balaban J connectivity index is 2.56. The molecule has 0 aliphatic rings. The first-order valence-electron chi connectivity index (χ1n) is 5.50. The normalized spacial score (nSPS) is 12.4. The summed E-state index contributed by atoms with van der Waals surface area (Å²) >= 11 is -1.99. The van der Waals surface area contributed by atoms with Gasteiger partial charge in [0.05, 0.1) is 6.61 Å². The summed E-state index contributed by atoms with van der Waals surface area (Å²) < 4.78 is 26.6. The molecule has 0 aromatic heterocycles. The van der Waals surface area contributed by atoms with Crippen LogP contribution in [-0.2, 0) is 17.5 Å². The average Bonchev–Trinajstić information content (AvgIpc) is 2.28. The second-order valence-corrected chi connectivity index (χ2v) is 4.58. The van der Waals surface area contributed by atoms with Gasteiger partial charge in [0, 0.05) is 5.75 Å². The van der Waals surface area contributed by atoms with E-state index in [4.69, 9.17) is 4.74 Å². The minimum Gasteiger partial charge on any atom is -0.772 e. The molecule has 0 amide bonds. The number of hydrogen-bond acceptors (Lipinski definition) is 3. The third kappa shape index (κ3) is 4.77. The van der Waals surface area contributed by atoms with Gasteiger partial charge in [-0.25, -0.2) is 0 Å². The van der Waals surface area contributed by atoms with Crippen LogP contribution in [0.25, 0.3) is 0 Å². The monoisotopic (exact) mass is 241 g/mol. The van der Waals surface area contributed by atoms with Gasteiger partial charge in [0.1, 0.15) is 5.75 Å². The fourth-order valence-electron chi connectivity index (χ4n) is 1.37. The molecule has 1 aromatic carbocycles. The lowest BCUT2D eigenvalue weighted by atomic mass is 10.1. The van der Waals surface area contributed by atoms with Gasteiger partial charge in [-0.05, 0) is 24.5 Å². The minimum atomic E-state index is -1.99. The van der Waals surface area contributed by atoms with Crippen molar-refractivity contribution in [2.75, 3.05) is 12.4 Å². The molecule has 1 aromatic rings. The van der Waals surface area contributed by atoms with E-state index in [0.29, 0.717) is 13.0 Å². The summed E-state index contributed by atoms with van der Waals surface area (Å²) in [7, 11) is 0. The molecule has 0 bridgehead atoms. The number of aryl methyl sites for hydroxylation is 1. The Morgan fingerprint density at radius 2 is 2.12 bits per heavy atom. The predicted molar refractivity (Wildman–Crippen MR) is 64.3 cm³/mol. The van der Waals surface area contributed by atoms with Crippen molar-refractivity contribution >= 4 is 11.1 Å². The summed E-state index contributed by atoms with van der Waals surface area (Å²) in [5, 5.41) is 0. The minimum absolute atomic E-state index is 0.147. The van der Waals surface area contributed by atoms with Crippen LogP contribution >= 0.6 is 0 Å². The van der Waals surface area contributed by atoms with Gasteiger partial charge in [-0.2, -0.15) is 0 Å². The SMILES string of the molecule is CCCCOc1ccccc1CCS(=O)[O-]. The fourth-order valence-corrected chi connectivity index (χ4v) is 1.76. The lowest BCUT2D eigenvalue weighted by Gasteiger charge is -2.11. The highest BCUT2D eigenvalue weighted by Gasteiger charge is 2.02. The number of hydrogen-bond donors (Lipinski definition) is 0.